The summed E-state index contributed by atoms with van der Waals surface area (Å²) in [6, 6.07) is 1.01. The van der Waals surface area contributed by atoms with E-state index in [9.17, 15) is 5.11 Å². The lowest BCUT2D eigenvalue weighted by atomic mass is 10.0. The fraction of sp³-hybridized carbons (Fsp3) is 0.917. The van der Waals surface area contributed by atoms with Crippen molar-refractivity contribution in [3.8, 4) is 0 Å². The van der Waals surface area contributed by atoms with E-state index in [0.29, 0.717) is 12.4 Å². The molecule has 0 aromatic heterocycles. The van der Waals surface area contributed by atoms with Gasteiger partial charge in [0.2, 0.25) is 0 Å². The summed E-state index contributed by atoms with van der Waals surface area (Å²) < 4.78 is 10.6. The van der Waals surface area contributed by atoms with Crippen molar-refractivity contribution in [3.05, 3.63) is 0 Å². The maximum atomic E-state index is 9.61. The number of rotatable bonds is 2. The molecule has 1 aliphatic rings. The minimum atomic E-state index is -0.691. The predicted octanol–water partition coefficient (Wildman–Crippen LogP) is 1.21. The second-order valence-electron chi connectivity index (χ2n) is 4.85. The zero-order chi connectivity index (χ0) is 13.0. The molecule has 0 amide bonds. The number of amidine groups is 1. The zero-order valence-corrected chi connectivity index (χ0v) is 11.4. The molecule has 1 unspecified atom stereocenters. The summed E-state index contributed by atoms with van der Waals surface area (Å²) in [5.41, 5.74) is 0. The number of nitrogens with zero attached hydrogens (tertiary/aromatic N) is 2. The van der Waals surface area contributed by atoms with E-state index in [0.717, 1.165) is 6.42 Å². The van der Waals surface area contributed by atoms with Gasteiger partial charge in [-0.05, 0) is 27.2 Å². The van der Waals surface area contributed by atoms with Crippen molar-refractivity contribution >= 4 is 6.02 Å². The van der Waals surface area contributed by atoms with E-state index in [2.05, 4.69) is 4.99 Å². The van der Waals surface area contributed by atoms with Crippen molar-refractivity contribution in [2.75, 3.05) is 14.2 Å². The summed E-state index contributed by atoms with van der Waals surface area (Å²) in [7, 11) is 3.57. The number of hydrogen-bond acceptors (Lipinski definition) is 4. The Kier molecular flexibility index (Phi) is 5.21. The highest BCUT2D eigenvalue weighted by molar-refractivity contribution is 5.73. The van der Waals surface area contributed by atoms with Gasteiger partial charge in [-0.3, -0.25) is 0 Å². The molecule has 1 N–H and O–H groups in total. The van der Waals surface area contributed by atoms with Gasteiger partial charge in [-0.2, -0.15) is 0 Å². The van der Waals surface area contributed by atoms with Crippen LogP contribution < -0.4 is 0 Å². The maximum Gasteiger partial charge on any atom is 0.287 e. The lowest BCUT2D eigenvalue weighted by Crippen LogP contribution is -2.46. The molecule has 0 aromatic rings. The Morgan fingerprint density at radius 3 is 2.59 bits per heavy atom. The molecule has 1 saturated heterocycles. The second kappa shape index (κ2) is 6.21. The first-order chi connectivity index (χ1) is 7.93. The molecule has 1 fully saturated rings. The molecule has 0 radical (unpaired) electrons. The van der Waals surface area contributed by atoms with Crippen LogP contribution in [0.5, 0.6) is 0 Å². The number of aliphatic hydroxyl groups excluding tert-OH is 1. The van der Waals surface area contributed by atoms with Crippen LogP contribution in [0.4, 0.5) is 0 Å². The van der Waals surface area contributed by atoms with Crippen molar-refractivity contribution in [3.63, 3.8) is 0 Å². The third-order valence-electron chi connectivity index (χ3n) is 2.87. The van der Waals surface area contributed by atoms with Gasteiger partial charge in [0.05, 0.1) is 13.2 Å². The molecule has 1 aliphatic heterocycles. The number of aliphatic hydroxyl groups is 1. The second-order valence-corrected chi connectivity index (χ2v) is 4.85. The highest BCUT2D eigenvalue weighted by atomic mass is 16.6. The van der Waals surface area contributed by atoms with Crippen LogP contribution in [0, 0.1) is 0 Å². The fourth-order valence-corrected chi connectivity index (χ4v) is 2.07. The Balaban J connectivity index is 2.70. The van der Waals surface area contributed by atoms with Gasteiger partial charge in [0.25, 0.3) is 6.02 Å². The van der Waals surface area contributed by atoms with Crippen LogP contribution >= 0.6 is 0 Å². The molecular formula is C12H24N2O3. The molecule has 0 saturated carbocycles. The van der Waals surface area contributed by atoms with Crippen LogP contribution in [-0.4, -0.2) is 54.7 Å². The lowest BCUT2D eigenvalue weighted by Gasteiger charge is -2.37. The SMILES string of the molecule is COC(=NC(C)C)N(C)[C@@H]1CC(O)O[C@H](C)C1. The molecule has 1 heterocycles. The number of methoxy groups -OCH3 is 1. The van der Waals surface area contributed by atoms with Crippen LogP contribution in [0.3, 0.4) is 0 Å². The van der Waals surface area contributed by atoms with Crippen molar-refractivity contribution in [2.45, 2.75) is 58.1 Å². The first kappa shape index (κ1) is 14.3. The molecule has 17 heavy (non-hydrogen) atoms. The molecule has 100 valence electrons. The first-order valence-corrected chi connectivity index (χ1v) is 6.12. The van der Waals surface area contributed by atoms with Gasteiger partial charge in [-0.25, -0.2) is 4.99 Å². The summed E-state index contributed by atoms with van der Waals surface area (Å²) in [6.07, 6.45) is 0.821. The molecule has 3 atom stereocenters. The van der Waals surface area contributed by atoms with Crippen LogP contribution in [0.2, 0.25) is 0 Å². The van der Waals surface area contributed by atoms with Crippen LogP contribution in [-0.2, 0) is 9.47 Å². The van der Waals surface area contributed by atoms with Gasteiger partial charge in [0, 0.05) is 25.6 Å². The van der Waals surface area contributed by atoms with Crippen molar-refractivity contribution < 1.29 is 14.6 Å². The van der Waals surface area contributed by atoms with Gasteiger partial charge in [0.15, 0.2) is 6.29 Å². The van der Waals surface area contributed by atoms with E-state index < -0.39 is 6.29 Å². The van der Waals surface area contributed by atoms with E-state index in [1.807, 2.05) is 32.7 Å². The van der Waals surface area contributed by atoms with Crippen LogP contribution in [0.15, 0.2) is 4.99 Å². The predicted molar refractivity (Wildman–Crippen MR) is 66.9 cm³/mol. The zero-order valence-electron chi connectivity index (χ0n) is 11.4. The van der Waals surface area contributed by atoms with Crippen LogP contribution in [0.1, 0.15) is 33.6 Å². The minimum Gasteiger partial charge on any atom is -0.468 e. The molecule has 0 aromatic carbocycles. The van der Waals surface area contributed by atoms with E-state index in [1.165, 1.54) is 0 Å². The maximum absolute atomic E-state index is 9.61. The minimum absolute atomic E-state index is 0.0587. The fourth-order valence-electron chi connectivity index (χ4n) is 2.07. The highest BCUT2D eigenvalue weighted by Crippen LogP contribution is 2.22. The Hall–Kier alpha value is -0.810. The summed E-state index contributed by atoms with van der Waals surface area (Å²) >= 11 is 0. The summed E-state index contributed by atoms with van der Waals surface area (Å²) in [5, 5.41) is 9.61. The highest BCUT2D eigenvalue weighted by Gasteiger charge is 2.30. The van der Waals surface area contributed by atoms with E-state index in [4.69, 9.17) is 9.47 Å². The Bertz CT molecular complexity index is 258. The molecular weight excluding hydrogens is 220 g/mol. The normalized spacial score (nSPS) is 30.5. The summed E-state index contributed by atoms with van der Waals surface area (Å²) in [4.78, 5) is 6.41. The molecule has 1 rings (SSSR count). The standard InChI is InChI=1S/C12H24N2O3/c1-8(2)13-12(16-5)14(4)10-6-9(3)17-11(15)7-10/h8-11,15H,6-7H2,1-5H3/t9-,10+,11?/m1/s1. The van der Waals surface area contributed by atoms with Gasteiger partial charge >= 0.3 is 0 Å². The summed E-state index contributed by atoms with van der Waals surface area (Å²) in [6.45, 7) is 5.98. The molecule has 5 heteroatoms. The van der Waals surface area contributed by atoms with Gasteiger partial charge < -0.3 is 19.5 Å². The molecule has 0 bridgehead atoms. The average molecular weight is 244 g/mol. The van der Waals surface area contributed by atoms with Crippen molar-refractivity contribution in [1.29, 1.82) is 0 Å². The Labute approximate surface area is 103 Å². The van der Waals surface area contributed by atoms with Gasteiger partial charge in [-0.15, -0.1) is 0 Å². The largest absolute Gasteiger partial charge is 0.468 e. The van der Waals surface area contributed by atoms with Gasteiger partial charge in [-0.1, -0.05) is 0 Å². The van der Waals surface area contributed by atoms with Crippen molar-refractivity contribution in [2.24, 2.45) is 4.99 Å². The first-order valence-electron chi connectivity index (χ1n) is 6.12. The summed E-state index contributed by atoms with van der Waals surface area (Å²) in [5.74, 6) is 0. The molecule has 0 aliphatic carbocycles. The Morgan fingerprint density at radius 2 is 2.12 bits per heavy atom. The topological polar surface area (TPSA) is 54.3 Å². The van der Waals surface area contributed by atoms with E-state index >= 15 is 0 Å². The number of hydrogen-bond donors (Lipinski definition) is 1. The monoisotopic (exact) mass is 244 g/mol. The Morgan fingerprint density at radius 1 is 1.47 bits per heavy atom. The average Bonchev–Trinajstić information content (AvgIpc) is 2.23. The van der Waals surface area contributed by atoms with Gasteiger partial charge in [0.1, 0.15) is 0 Å². The third-order valence-corrected chi connectivity index (χ3v) is 2.87. The number of aliphatic imine (C=N–C) groups is 1. The van der Waals surface area contributed by atoms with Crippen molar-refractivity contribution in [1.82, 2.24) is 4.90 Å². The van der Waals surface area contributed by atoms with E-state index in [1.54, 1.807) is 7.11 Å². The van der Waals surface area contributed by atoms with Crippen LogP contribution in [0.25, 0.3) is 0 Å². The smallest absolute Gasteiger partial charge is 0.287 e. The number of ether oxygens (including phenoxy) is 2. The molecule has 5 nitrogen and oxygen atoms in total. The quantitative estimate of drug-likeness (QED) is 0.586. The lowest BCUT2D eigenvalue weighted by molar-refractivity contribution is -0.170. The molecule has 0 spiro atoms. The van der Waals surface area contributed by atoms with E-state index in [-0.39, 0.29) is 18.2 Å². The third kappa shape index (κ3) is 4.16.